The van der Waals surface area contributed by atoms with E-state index < -0.39 is 0 Å². The van der Waals surface area contributed by atoms with Crippen LogP contribution in [0, 0.1) is 0 Å². The van der Waals surface area contributed by atoms with Crippen LogP contribution in [0.5, 0.6) is 0 Å². The molecule has 1 fully saturated rings. The smallest absolute Gasteiger partial charge is 0.326 e. The highest BCUT2D eigenvalue weighted by molar-refractivity contribution is 5.80. The molecule has 0 unspecified atom stereocenters. The number of nitrogens with one attached hydrogen (secondary N) is 1. The zero-order valence-corrected chi connectivity index (χ0v) is 15.0. The van der Waals surface area contributed by atoms with E-state index >= 15 is 0 Å². The number of rotatable bonds is 2. The number of fused-ring (bicyclic) bond motifs is 3. The van der Waals surface area contributed by atoms with Gasteiger partial charge in [-0.1, -0.05) is 48.6 Å². The van der Waals surface area contributed by atoms with Crippen molar-refractivity contribution in [3.63, 3.8) is 0 Å². The lowest BCUT2D eigenvalue weighted by molar-refractivity contribution is -0.133. The summed E-state index contributed by atoms with van der Waals surface area (Å²) in [5, 5.41) is 0. The number of carbonyl (C=O) groups excluding carboxylic acids is 1. The summed E-state index contributed by atoms with van der Waals surface area (Å²) < 4.78 is 1.53. The summed E-state index contributed by atoms with van der Waals surface area (Å²) in [4.78, 5) is 29.8. The van der Waals surface area contributed by atoms with Gasteiger partial charge in [0.1, 0.15) is 6.54 Å². The van der Waals surface area contributed by atoms with Crippen molar-refractivity contribution in [2.75, 3.05) is 13.1 Å². The van der Waals surface area contributed by atoms with Crippen molar-refractivity contribution in [1.29, 1.82) is 0 Å². The second-order valence-corrected chi connectivity index (χ2v) is 7.49. The van der Waals surface area contributed by atoms with E-state index in [0.717, 1.165) is 23.9 Å². The minimum atomic E-state index is -0.231. The molecule has 0 bridgehead atoms. The fraction of sp³-hybridized carbons (Fsp3) is 0.273. The van der Waals surface area contributed by atoms with E-state index in [-0.39, 0.29) is 23.6 Å². The third-order valence-corrected chi connectivity index (χ3v) is 6.06. The van der Waals surface area contributed by atoms with Crippen molar-refractivity contribution in [2.45, 2.75) is 24.8 Å². The van der Waals surface area contributed by atoms with E-state index in [2.05, 4.69) is 41.4 Å². The maximum Gasteiger partial charge on any atom is 0.326 e. The molecule has 2 aliphatic rings. The first-order valence-electron chi connectivity index (χ1n) is 9.40. The molecule has 1 N–H and O–H groups in total. The van der Waals surface area contributed by atoms with Crippen LogP contribution in [0.1, 0.15) is 24.0 Å². The molecule has 27 heavy (non-hydrogen) atoms. The summed E-state index contributed by atoms with van der Waals surface area (Å²) in [6, 6.07) is 16.0. The van der Waals surface area contributed by atoms with Crippen LogP contribution in [0.15, 0.2) is 59.4 Å². The molecular weight excluding hydrogens is 338 g/mol. The highest BCUT2D eigenvalue weighted by Gasteiger charge is 2.38. The lowest BCUT2D eigenvalue weighted by atomic mass is 9.74. The number of aromatic amines is 1. The number of carbonyl (C=O) groups is 1. The number of hydrogen-bond donors (Lipinski definition) is 1. The third kappa shape index (κ3) is 2.53. The standard InChI is InChI=1S/C22H21N3O2/c26-20(15-25-19-8-4-3-7-18(19)23-21(25)27)24-13-11-22(12-14-24)10-9-16-5-1-2-6-17(16)22/h1-10H,11-15H2,(H,23,27). The second kappa shape index (κ2) is 5.98. The van der Waals surface area contributed by atoms with Gasteiger partial charge in [-0.05, 0) is 36.1 Å². The molecule has 1 aliphatic carbocycles. The van der Waals surface area contributed by atoms with E-state index in [9.17, 15) is 9.59 Å². The minimum absolute atomic E-state index is 0.00645. The molecule has 5 heteroatoms. The van der Waals surface area contributed by atoms with E-state index in [1.807, 2.05) is 29.2 Å². The number of para-hydroxylation sites is 2. The normalized spacial score (nSPS) is 17.6. The van der Waals surface area contributed by atoms with Crippen LogP contribution in [0.3, 0.4) is 0 Å². The number of imidazole rings is 1. The number of likely N-dealkylation sites (tertiary alicyclic amines) is 1. The van der Waals surface area contributed by atoms with Gasteiger partial charge in [-0.2, -0.15) is 0 Å². The zero-order valence-electron chi connectivity index (χ0n) is 15.0. The molecule has 1 amide bonds. The number of H-pyrrole nitrogens is 1. The fourth-order valence-electron chi connectivity index (χ4n) is 4.53. The van der Waals surface area contributed by atoms with Gasteiger partial charge < -0.3 is 9.88 Å². The van der Waals surface area contributed by atoms with Gasteiger partial charge in [0.15, 0.2) is 0 Å². The third-order valence-electron chi connectivity index (χ3n) is 6.06. The Labute approximate surface area is 156 Å². The Bertz CT molecular complexity index is 1110. The first-order valence-corrected chi connectivity index (χ1v) is 9.40. The van der Waals surface area contributed by atoms with Crippen LogP contribution >= 0.6 is 0 Å². The van der Waals surface area contributed by atoms with Crippen molar-refractivity contribution in [1.82, 2.24) is 14.5 Å². The summed E-state index contributed by atoms with van der Waals surface area (Å²) in [7, 11) is 0. The number of amides is 1. The van der Waals surface area contributed by atoms with Crippen molar-refractivity contribution in [3.05, 3.63) is 76.2 Å². The zero-order chi connectivity index (χ0) is 18.4. The van der Waals surface area contributed by atoms with Crippen molar-refractivity contribution >= 4 is 23.0 Å². The molecule has 1 aliphatic heterocycles. The molecule has 0 radical (unpaired) electrons. The van der Waals surface area contributed by atoms with E-state index in [0.29, 0.717) is 13.1 Å². The number of nitrogens with zero attached hydrogens (tertiary/aromatic N) is 2. The summed E-state index contributed by atoms with van der Waals surface area (Å²) in [5.41, 5.74) is 4.04. The van der Waals surface area contributed by atoms with Crippen molar-refractivity contribution in [2.24, 2.45) is 0 Å². The van der Waals surface area contributed by atoms with Gasteiger partial charge in [0.05, 0.1) is 11.0 Å². The van der Waals surface area contributed by atoms with Crippen LogP contribution in [0.25, 0.3) is 17.1 Å². The molecule has 1 saturated heterocycles. The van der Waals surface area contributed by atoms with Gasteiger partial charge >= 0.3 is 5.69 Å². The topological polar surface area (TPSA) is 58.1 Å². The second-order valence-electron chi connectivity index (χ2n) is 7.49. The maximum absolute atomic E-state index is 12.8. The Kier molecular flexibility index (Phi) is 3.57. The Morgan fingerprint density at radius 1 is 1.04 bits per heavy atom. The number of hydrogen-bond acceptors (Lipinski definition) is 2. The summed E-state index contributed by atoms with van der Waals surface area (Å²) >= 11 is 0. The minimum Gasteiger partial charge on any atom is -0.341 e. The van der Waals surface area contributed by atoms with Crippen LogP contribution < -0.4 is 5.69 Å². The number of piperidine rings is 1. The molecule has 0 saturated carbocycles. The highest BCUT2D eigenvalue weighted by Crippen LogP contribution is 2.43. The van der Waals surface area contributed by atoms with Gasteiger partial charge in [-0.3, -0.25) is 9.36 Å². The summed E-state index contributed by atoms with van der Waals surface area (Å²) in [6.45, 7) is 1.52. The largest absolute Gasteiger partial charge is 0.341 e. The van der Waals surface area contributed by atoms with E-state index in [4.69, 9.17) is 0 Å². The quantitative estimate of drug-likeness (QED) is 0.765. The lowest BCUT2D eigenvalue weighted by Gasteiger charge is -2.39. The van der Waals surface area contributed by atoms with Crippen LogP contribution in [-0.4, -0.2) is 33.4 Å². The first-order chi connectivity index (χ1) is 13.2. The van der Waals surface area contributed by atoms with Crippen LogP contribution in [0.2, 0.25) is 0 Å². The number of benzene rings is 2. The van der Waals surface area contributed by atoms with Gasteiger partial charge in [0.2, 0.25) is 5.91 Å². The average Bonchev–Trinajstić information content (AvgIpc) is 3.21. The molecule has 2 aromatic carbocycles. The average molecular weight is 359 g/mol. The molecule has 5 nitrogen and oxygen atoms in total. The van der Waals surface area contributed by atoms with E-state index in [1.54, 1.807) is 0 Å². The summed E-state index contributed by atoms with van der Waals surface area (Å²) in [6.07, 6.45) is 6.37. The molecule has 3 aromatic rings. The Morgan fingerprint density at radius 2 is 1.78 bits per heavy atom. The predicted molar refractivity (Wildman–Crippen MR) is 106 cm³/mol. The van der Waals surface area contributed by atoms with Crippen LogP contribution in [-0.2, 0) is 16.8 Å². The summed E-state index contributed by atoms with van der Waals surface area (Å²) in [5.74, 6) is 0.00645. The molecule has 136 valence electrons. The molecule has 1 aromatic heterocycles. The Morgan fingerprint density at radius 3 is 2.63 bits per heavy atom. The Hall–Kier alpha value is -3.08. The van der Waals surface area contributed by atoms with E-state index in [1.165, 1.54) is 15.7 Å². The molecule has 5 rings (SSSR count). The molecule has 1 spiro atoms. The van der Waals surface area contributed by atoms with Gasteiger partial charge in [-0.15, -0.1) is 0 Å². The molecule has 0 atom stereocenters. The number of allylic oxidation sites excluding steroid dienone is 1. The monoisotopic (exact) mass is 359 g/mol. The lowest BCUT2D eigenvalue weighted by Crippen LogP contribution is -2.45. The SMILES string of the molecule is O=C(Cn1c(=O)[nH]c2ccccc21)N1CCC2(C=Cc3ccccc32)CC1. The van der Waals surface area contributed by atoms with Gasteiger partial charge in [0, 0.05) is 18.5 Å². The molecular formula is C22H21N3O2. The predicted octanol–water partition coefficient (Wildman–Crippen LogP) is 2.92. The highest BCUT2D eigenvalue weighted by atomic mass is 16.2. The van der Waals surface area contributed by atoms with Crippen molar-refractivity contribution < 1.29 is 4.79 Å². The van der Waals surface area contributed by atoms with Gasteiger partial charge in [0.25, 0.3) is 0 Å². The number of aromatic nitrogens is 2. The maximum atomic E-state index is 12.8. The first kappa shape index (κ1) is 16.1. The van der Waals surface area contributed by atoms with Gasteiger partial charge in [-0.25, -0.2) is 4.79 Å². The van der Waals surface area contributed by atoms with Crippen LogP contribution in [0.4, 0.5) is 0 Å². The van der Waals surface area contributed by atoms with Crippen molar-refractivity contribution in [3.8, 4) is 0 Å². The Balaban J connectivity index is 1.33. The fourth-order valence-corrected chi connectivity index (χ4v) is 4.53. The molecule has 2 heterocycles.